The highest BCUT2D eigenvalue weighted by atomic mass is 19.1. The summed E-state index contributed by atoms with van der Waals surface area (Å²) in [6.07, 6.45) is 9.09. The highest BCUT2D eigenvalue weighted by molar-refractivity contribution is 6.01. The number of ether oxygens (including phenoxy) is 2. The van der Waals surface area contributed by atoms with Crippen molar-refractivity contribution in [1.82, 2.24) is 0 Å². The monoisotopic (exact) mass is 488 g/mol. The van der Waals surface area contributed by atoms with E-state index in [1.807, 2.05) is 6.92 Å². The first-order chi connectivity index (χ1) is 16.6. The Labute approximate surface area is 205 Å². The van der Waals surface area contributed by atoms with E-state index >= 15 is 4.39 Å². The predicted molar refractivity (Wildman–Crippen MR) is 125 cm³/mol. The molecule has 6 nitrogen and oxygen atoms in total. The van der Waals surface area contributed by atoms with Crippen LogP contribution in [0.15, 0.2) is 23.8 Å². The van der Waals surface area contributed by atoms with Gasteiger partial charge in [0.1, 0.15) is 6.61 Å². The molecule has 6 rings (SSSR count). The normalized spacial score (nSPS) is 51.3. The van der Waals surface area contributed by atoms with E-state index in [2.05, 4.69) is 0 Å². The second-order valence-corrected chi connectivity index (χ2v) is 12.3. The van der Waals surface area contributed by atoms with Crippen molar-refractivity contribution in [1.29, 1.82) is 0 Å². The van der Waals surface area contributed by atoms with Crippen LogP contribution in [0.3, 0.4) is 0 Å². The van der Waals surface area contributed by atoms with Gasteiger partial charge in [0.05, 0.1) is 12.2 Å². The summed E-state index contributed by atoms with van der Waals surface area (Å²) in [5.74, 6) is -1.14. The Morgan fingerprint density at radius 1 is 1.17 bits per heavy atom. The summed E-state index contributed by atoms with van der Waals surface area (Å²) >= 11 is 0. The lowest BCUT2D eigenvalue weighted by atomic mass is 9.44. The largest absolute Gasteiger partial charge is 0.390 e. The number of carbonyl (C=O) groups is 2. The lowest BCUT2D eigenvalue weighted by molar-refractivity contribution is -0.236. The molecule has 192 valence electrons. The molecule has 9 atom stereocenters. The van der Waals surface area contributed by atoms with Crippen LogP contribution in [0.2, 0.25) is 0 Å². The zero-order valence-corrected chi connectivity index (χ0v) is 20.7. The molecule has 6 aliphatic rings. The van der Waals surface area contributed by atoms with Crippen LogP contribution in [0.1, 0.15) is 71.6 Å². The number of allylic oxidation sites excluding steroid dienone is 4. The van der Waals surface area contributed by atoms with Crippen LogP contribution in [0.5, 0.6) is 0 Å². The fraction of sp³-hybridized carbons (Fsp3) is 0.786. The maximum atomic E-state index is 17.3. The molecule has 0 aromatic rings. The minimum atomic E-state index is -1.97. The molecule has 35 heavy (non-hydrogen) atoms. The van der Waals surface area contributed by atoms with E-state index in [1.165, 1.54) is 18.6 Å². The van der Waals surface area contributed by atoms with Crippen LogP contribution < -0.4 is 0 Å². The Kier molecular flexibility index (Phi) is 5.34. The van der Waals surface area contributed by atoms with Crippen molar-refractivity contribution >= 4 is 11.6 Å². The number of rotatable bonds is 3. The Hall–Kier alpha value is -1.41. The molecule has 0 radical (unpaired) electrons. The highest BCUT2D eigenvalue weighted by Crippen LogP contribution is 2.72. The Bertz CT molecular complexity index is 1000. The number of aliphatic hydroxyl groups is 2. The first kappa shape index (κ1) is 24.0. The van der Waals surface area contributed by atoms with Gasteiger partial charge in [-0.25, -0.2) is 4.39 Å². The van der Waals surface area contributed by atoms with Gasteiger partial charge in [0.2, 0.25) is 0 Å². The van der Waals surface area contributed by atoms with Gasteiger partial charge in [0, 0.05) is 22.7 Å². The van der Waals surface area contributed by atoms with Crippen molar-refractivity contribution in [2.24, 2.45) is 28.6 Å². The second-order valence-electron chi connectivity index (χ2n) is 12.3. The van der Waals surface area contributed by atoms with E-state index in [1.54, 1.807) is 13.0 Å². The maximum absolute atomic E-state index is 17.3. The van der Waals surface area contributed by atoms with Crippen LogP contribution in [0.25, 0.3) is 0 Å². The smallest absolute Gasteiger partial charge is 0.193 e. The summed E-state index contributed by atoms with van der Waals surface area (Å²) in [5.41, 5.74) is -4.57. The van der Waals surface area contributed by atoms with Gasteiger partial charge >= 0.3 is 0 Å². The summed E-state index contributed by atoms with van der Waals surface area (Å²) < 4.78 is 30.4. The lowest BCUT2D eigenvalue weighted by Gasteiger charge is -2.62. The standard InChI is InChI=1S/C28H37FO6/c1-25-11-10-18(31)12-17(25)8-9-19-20-13-23-28(22(33)15-30,26(20,2)14-21(32)27(19,25)29)35-24(34-23)16-6-4-3-5-7-16/h10-12,16,19-21,23-24,30,32H,3-9,13-15H2,1-2H3/t19-,20-,21-,23+,24+,25-,26-,27-,28+/m0/s1. The molecule has 5 aliphatic carbocycles. The quantitative estimate of drug-likeness (QED) is 0.631. The molecule has 0 bridgehead atoms. The summed E-state index contributed by atoms with van der Waals surface area (Å²) in [6, 6.07) is 0. The second kappa shape index (κ2) is 7.80. The summed E-state index contributed by atoms with van der Waals surface area (Å²) in [5, 5.41) is 21.6. The molecule has 0 unspecified atom stereocenters. The van der Waals surface area contributed by atoms with E-state index in [0.717, 1.165) is 31.3 Å². The minimum Gasteiger partial charge on any atom is -0.390 e. The number of hydrogen-bond donors (Lipinski definition) is 2. The zero-order chi connectivity index (χ0) is 24.8. The Balaban J connectivity index is 1.40. The van der Waals surface area contributed by atoms with E-state index in [4.69, 9.17) is 9.47 Å². The third kappa shape index (κ3) is 2.84. The van der Waals surface area contributed by atoms with Gasteiger partial charge in [0.25, 0.3) is 0 Å². The van der Waals surface area contributed by atoms with Gasteiger partial charge in [-0.05, 0) is 63.5 Å². The van der Waals surface area contributed by atoms with Crippen LogP contribution in [0, 0.1) is 28.6 Å². The molecule has 7 heteroatoms. The zero-order valence-electron chi connectivity index (χ0n) is 20.7. The van der Waals surface area contributed by atoms with Crippen LogP contribution in [-0.2, 0) is 19.1 Å². The number of ketones is 2. The van der Waals surface area contributed by atoms with Gasteiger partial charge in [-0.3, -0.25) is 9.59 Å². The lowest BCUT2D eigenvalue weighted by Crippen LogP contribution is -2.69. The molecule has 0 aromatic heterocycles. The van der Waals surface area contributed by atoms with Crippen molar-refractivity contribution < 1.29 is 33.7 Å². The fourth-order valence-corrected chi connectivity index (χ4v) is 9.22. The first-order valence-electron chi connectivity index (χ1n) is 13.4. The predicted octanol–water partition coefficient (Wildman–Crippen LogP) is 3.59. The molecule has 1 aliphatic heterocycles. The number of halogens is 1. The SMILES string of the molecule is C[C@]12C=CC(=O)C=C1CC[C@H]1[C@@H]3C[C@H]4O[C@@H](C5CCCCC5)O[C@@]4(C(=O)CO)[C@@]3(C)C[C@H](O)[C@@]12F. The summed E-state index contributed by atoms with van der Waals surface area (Å²) in [4.78, 5) is 25.5. The molecular formula is C28H37FO6. The number of hydrogen-bond acceptors (Lipinski definition) is 6. The first-order valence-corrected chi connectivity index (χ1v) is 13.4. The summed E-state index contributed by atoms with van der Waals surface area (Å²) in [7, 11) is 0. The van der Waals surface area contributed by atoms with Gasteiger partial charge in [-0.1, -0.05) is 37.8 Å². The number of aliphatic hydroxyl groups excluding tert-OH is 2. The number of alkyl halides is 1. The number of Topliss-reactive ketones (excluding diaryl/α,β-unsaturated/α-hetero) is 1. The maximum Gasteiger partial charge on any atom is 0.193 e. The summed E-state index contributed by atoms with van der Waals surface area (Å²) in [6.45, 7) is 3.06. The molecule has 0 aromatic carbocycles. The average molecular weight is 489 g/mol. The van der Waals surface area contributed by atoms with Crippen LogP contribution in [0.4, 0.5) is 4.39 Å². The Morgan fingerprint density at radius 2 is 1.91 bits per heavy atom. The van der Waals surface area contributed by atoms with Crippen LogP contribution in [-0.4, -0.2) is 58.2 Å². The third-order valence-electron chi connectivity index (χ3n) is 11.0. The molecule has 0 spiro atoms. The fourth-order valence-electron chi connectivity index (χ4n) is 9.22. The van der Waals surface area contributed by atoms with Crippen molar-refractivity contribution in [3.63, 3.8) is 0 Å². The van der Waals surface area contributed by atoms with Gasteiger partial charge in [0.15, 0.2) is 29.1 Å². The van der Waals surface area contributed by atoms with Crippen molar-refractivity contribution in [2.45, 2.75) is 101 Å². The number of carbonyl (C=O) groups excluding carboxylic acids is 2. The van der Waals surface area contributed by atoms with Crippen molar-refractivity contribution in [3.8, 4) is 0 Å². The third-order valence-corrected chi connectivity index (χ3v) is 11.0. The van der Waals surface area contributed by atoms with E-state index in [-0.39, 0.29) is 24.0 Å². The van der Waals surface area contributed by atoms with E-state index in [9.17, 15) is 19.8 Å². The average Bonchev–Trinajstić information content (AvgIpc) is 3.34. The molecule has 5 fully saturated rings. The minimum absolute atomic E-state index is 0.0400. The topological polar surface area (TPSA) is 93.1 Å². The van der Waals surface area contributed by atoms with E-state index in [0.29, 0.717) is 19.3 Å². The van der Waals surface area contributed by atoms with E-state index < -0.39 is 58.9 Å². The number of fused-ring (bicyclic) bond motifs is 7. The van der Waals surface area contributed by atoms with Crippen molar-refractivity contribution in [2.75, 3.05) is 6.61 Å². The molecule has 2 N–H and O–H groups in total. The van der Waals surface area contributed by atoms with Gasteiger partial charge in [-0.15, -0.1) is 0 Å². The van der Waals surface area contributed by atoms with Gasteiger partial charge in [-0.2, -0.15) is 0 Å². The van der Waals surface area contributed by atoms with Gasteiger partial charge < -0.3 is 19.7 Å². The molecule has 1 heterocycles. The Morgan fingerprint density at radius 3 is 2.63 bits per heavy atom. The highest BCUT2D eigenvalue weighted by Gasteiger charge is 2.79. The molecule has 1 saturated heterocycles. The molecular weight excluding hydrogens is 451 g/mol. The molecule has 4 saturated carbocycles. The van der Waals surface area contributed by atoms with Crippen molar-refractivity contribution in [3.05, 3.63) is 23.8 Å². The molecule has 0 amide bonds. The van der Waals surface area contributed by atoms with Crippen LogP contribution >= 0.6 is 0 Å².